The Morgan fingerprint density at radius 2 is 0.625 bits per heavy atom. The summed E-state index contributed by atoms with van der Waals surface area (Å²) < 4.78 is 0. The van der Waals surface area contributed by atoms with E-state index in [-0.39, 0.29) is 0 Å². The van der Waals surface area contributed by atoms with Crippen LogP contribution in [0.1, 0.15) is 22.3 Å². The predicted octanol–water partition coefficient (Wildman–Crippen LogP) is 15.2. The van der Waals surface area contributed by atoms with Crippen LogP contribution < -0.4 is 0 Å². The van der Waals surface area contributed by atoms with Gasteiger partial charge >= 0.3 is 0 Å². The molecule has 7 heterocycles. The van der Waals surface area contributed by atoms with Gasteiger partial charge in [-0.3, -0.25) is 0 Å². The highest BCUT2D eigenvalue weighted by Gasteiger charge is 2.14. The van der Waals surface area contributed by atoms with Crippen molar-refractivity contribution < 1.29 is 0 Å². The molecular weight excluding hydrogens is 737 g/mol. The first-order valence-corrected chi connectivity index (χ1v) is 22.9. The Bertz CT molecular complexity index is 2100. The maximum Gasteiger partial charge on any atom is 0.0449 e. The minimum absolute atomic E-state index is 1.02. The average Bonchev–Trinajstić information content (AvgIpc) is 3.95. The van der Waals surface area contributed by atoms with Gasteiger partial charge in [0, 0.05) is 71.8 Å². The molecule has 0 spiro atoms. The van der Waals surface area contributed by atoms with Crippen LogP contribution in [0.25, 0.3) is 59.9 Å². The first kappa shape index (κ1) is 31.3. The van der Waals surface area contributed by atoms with E-state index in [0.29, 0.717) is 0 Å². The molecule has 0 unspecified atom stereocenters. The maximum atomic E-state index is 2.44. The van der Waals surface area contributed by atoms with E-state index in [1.807, 2.05) is 91.5 Å². The van der Waals surface area contributed by atoms with Crippen LogP contribution in [-0.2, 0) is 23.0 Å². The smallest absolute Gasteiger partial charge is 0.0449 e. The van der Waals surface area contributed by atoms with E-state index in [9.17, 15) is 0 Å². The zero-order valence-corrected chi connectivity index (χ0v) is 32.2. The molecule has 6 aromatic heterocycles. The summed E-state index contributed by atoms with van der Waals surface area (Å²) in [5.41, 5.74) is 8.42. The fourth-order valence-corrected chi connectivity index (χ4v) is 13.7. The highest BCUT2D eigenvalue weighted by Crippen LogP contribution is 2.44. The summed E-state index contributed by atoms with van der Waals surface area (Å²) in [6.07, 6.45) is 0. The molecule has 0 atom stereocenters. The van der Waals surface area contributed by atoms with Gasteiger partial charge < -0.3 is 0 Å². The molecular formula is C40H28S8. The van der Waals surface area contributed by atoms with E-state index in [0.717, 1.165) is 23.0 Å². The standard InChI is InChI=1S/C40H28S8/c1-3-33(43-13-1)35-9-11-39(47-35)37-7-5-31(45-37)29-17-25-15-26(18-29)22-42-24-28-16-27(23-41-21-25)19-30(20-28)32-6-8-38(46-32)40-12-10-36(48-40)34-4-2-14-44-34/h1-20H,21-24H2. The molecule has 0 N–H and O–H groups in total. The second-order valence-corrected chi connectivity index (χ2v) is 19.9. The molecule has 0 nitrogen and oxygen atoms in total. The average molecular weight is 765 g/mol. The van der Waals surface area contributed by atoms with Gasteiger partial charge in [0.2, 0.25) is 0 Å². The SMILES string of the molecule is c1csc(-c2ccc(-c3ccc(-c4cc5cc(c4)CSCc4cc(cc(-c6ccc(-c7ccc(-c8cccs8)s7)s6)c4)CSC5)s3)s2)c1. The summed E-state index contributed by atoms with van der Waals surface area (Å²) >= 11 is 15.3. The number of rotatable bonds is 6. The number of fused-ring (bicyclic) bond motifs is 4. The van der Waals surface area contributed by atoms with Gasteiger partial charge in [0.15, 0.2) is 0 Å². The van der Waals surface area contributed by atoms with Crippen LogP contribution in [0.15, 0.2) is 120 Å². The van der Waals surface area contributed by atoms with Gasteiger partial charge in [0.1, 0.15) is 0 Å². The number of thioether (sulfide) groups is 2. The summed E-state index contributed by atoms with van der Waals surface area (Å²) in [4.78, 5) is 13.5. The number of hydrogen-bond acceptors (Lipinski definition) is 8. The van der Waals surface area contributed by atoms with Crippen molar-refractivity contribution in [1.29, 1.82) is 0 Å². The molecule has 236 valence electrons. The molecule has 1 aliphatic heterocycles. The monoisotopic (exact) mass is 764 g/mol. The lowest BCUT2D eigenvalue weighted by Crippen LogP contribution is -1.94. The van der Waals surface area contributed by atoms with Crippen LogP contribution in [0.4, 0.5) is 0 Å². The second-order valence-electron chi connectivity index (χ2n) is 11.7. The van der Waals surface area contributed by atoms with Gasteiger partial charge in [0.05, 0.1) is 0 Å². The van der Waals surface area contributed by atoms with E-state index in [2.05, 4.69) is 120 Å². The minimum atomic E-state index is 1.02. The molecule has 0 amide bonds. The van der Waals surface area contributed by atoms with Crippen molar-refractivity contribution in [1.82, 2.24) is 0 Å². The van der Waals surface area contributed by atoms with Gasteiger partial charge in [-0.15, -0.1) is 68.0 Å². The summed E-state index contributed by atoms with van der Waals surface area (Å²) in [5.74, 6) is 4.08. The van der Waals surface area contributed by atoms with E-state index in [1.54, 1.807) is 0 Å². The summed E-state index contributed by atoms with van der Waals surface area (Å²) in [7, 11) is 0. The Hall–Kier alpha value is -2.66. The van der Waals surface area contributed by atoms with Crippen LogP contribution in [0.3, 0.4) is 0 Å². The quantitative estimate of drug-likeness (QED) is 0.165. The predicted molar refractivity (Wildman–Crippen MR) is 223 cm³/mol. The molecule has 1 aliphatic rings. The van der Waals surface area contributed by atoms with E-state index in [4.69, 9.17) is 0 Å². The fraction of sp³-hybridized carbons (Fsp3) is 0.100. The zero-order valence-electron chi connectivity index (χ0n) is 25.6. The molecule has 0 fully saturated rings. The van der Waals surface area contributed by atoms with Gasteiger partial charge in [-0.05, 0) is 129 Å². The van der Waals surface area contributed by atoms with Crippen LogP contribution in [0, 0.1) is 0 Å². The summed E-state index contributed by atoms with van der Waals surface area (Å²) in [6.45, 7) is 0. The lowest BCUT2D eigenvalue weighted by atomic mass is 10.1. The summed E-state index contributed by atoms with van der Waals surface area (Å²) in [5, 5.41) is 4.31. The fourth-order valence-electron chi connectivity index (χ4n) is 6.01. The third-order valence-electron chi connectivity index (χ3n) is 8.19. The summed E-state index contributed by atoms with van der Waals surface area (Å²) in [6, 6.07) is 41.6. The highest BCUT2D eigenvalue weighted by molar-refractivity contribution is 7.98. The Balaban J connectivity index is 0.930. The molecule has 0 saturated heterocycles. The largest absolute Gasteiger partial charge is 0.152 e. The van der Waals surface area contributed by atoms with Crippen LogP contribution >= 0.6 is 91.5 Å². The van der Waals surface area contributed by atoms with Gasteiger partial charge in [0.25, 0.3) is 0 Å². The van der Waals surface area contributed by atoms with Crippen molar-refractivity contribution in [2.45, 2.75) is 23.0 Å². The van der Waals surface area contributed by atoms with Gasteiger partial charge in [-0.1, -0.05) is 24.3 Å². The Morgan fingerprint density at radius 1 is 0.312 bits per heavy atom. The van der Waals surface area contributed by atoms with Crippen LogP contribution in [-0.4, -0.2) is 0 Å². The van der Waals surface area contributed by atoms with Crippen molar-refractivity contribution in [2.75, 3.05) is 0 Å². The molecule has 4 bridgehead atoms. The van der Waals surface area contributed by atoms with Crippen molar-refractivity contribution in [2.24, 2.45) is 0 Å². The number of benzene rings is 2. The van der Waals surface area contributed by atoms with Crippen molar-refractivity contribution in [3.8, 4) is 59.9 Å². The molecule has 9 rings (SSSR count). The molecule has 0 radical (unpaired) electrons. The van der Waals surface area contributed by atoms with Crippen LogP contribution in [0.2, 0.25) is 0 Å². The molecule has 8 heteroatoms. The van der Waals surface area contributed by atoms with Gasteiger partial charge in [-0.2, -0.15) is 23.5 Å². The third-order valence-corrected chi connectivity index (χ3v) is 17.3. The molecule has 48 heavy (non-hydrogen) atoms. The van der Waals surface area contributed by atoms with Crippen molar-refractivity contribution in [3.05, 3.63) is 142 Å². The first-order valence-electron chi connectivity index (χ1n) is 15.6. The van der Waals surface area contributed by atoms with E-state index < -0.39 is 0 Å². The Morgan fingerprint density at radius 3 is 0.958 bits per heavy atom. The topological polar surface area (TPSA) is 0 Å². The lowest BCUT2D eigenvalue weighted by molar-refractivity contribution is 1.28. The Labute approximate surface area is 313 Å². The molecule has 2 aromatic carbocycles. The van der Waals surface area contributed by atoms with Crippen molar-refractivity contribution in [3.63, 3.8) is 0 Å². The minimum Gasteiger partial charge on any atom is -0.152 e. The van der Waals surface area contributed by atoms with E-state index in [1.165, 1.54) is 82.2 Å². The molecule has 0 saturated carbocycles. The number of thiophene rings is 6. The van der Waals surface area contributed by atoms with E-state index >= 15 is 0 Å². The zero-order chi connectivity index (χ0) is 31.9. The maximum absolute atomic E-state index is 2.44. The number of hydrogen-bond donors (Lipinski definition) is 0. The van der Waals surface area contributed by atoms with Crippen LogP contribution in [0.5, 0.6) is 0 Å². The normalized spacial score (nSPS) is 13.3. The third kappa shape index (κ3) is 6.74. The van der Waals surface area contributed by atoms with Crippen molar-refractivity contribution >= 4 is 91.5 Å². The molecule has 8 aromatic rings. The molecule has 0 aliphatic carbocycles. The Kier molecular flexibility index (Phi) is 9.09. The lowest BCUT2D eigenvalue weighted by Gasteiger charge is -2.13. The highest BCUT2D eigenvalue weighted by atomic mass is 32.2. The van der Waals surface area contributed by atoms with Gasteiger partial charge in [-0.25, -0.2) is 0 Å². The second kappa shape index (κ2) is 13.9. The first-order chi connectivity index (χ1) is 23.7.